The monoisotopic (exact) mass is 529 g/mol. The van der Waals surface area contributed by atoms with E-state index >= 15 is 0 Å². The van der Waals surface area contributed by atoms with Crippen molar-refractivity contribution in [3.05, 3.63) is 117 Å². The zero-order chi connectivity index (χ0) is 27.2. The van der Waals surface area contributed by atoms with Crippen molar-refractivity contribution in [1.29, 1.82) is 0 Å². The summed E-state index contributed by atoms with van der Waals surface area (Å²) < 4.78 is 1.60. The van der Waals surface area contributed by atoms with E-state index in [0.717, 1.165) is 16.7 Å². The SMILES string of the molecule is Cc1ccccc1NC(=O)Nc1ccc(-c2cccn(Cc3ccc([C@@H](C)CC(=O)O)cc3)c2=O)c(Cl)c1. The van der Waals surface area contributed by atoms with Crippen molar-refractivity contribution >= 4 is 35.0 Å². The summed E-state index contributed by atoms with van der Waals surface area (Å²) in [6.45, 7) is 4.14. The summed E-state index contributed by atoms with van der Waals surface area (Å²) in [7, 11) is 0. The Labute approximate surface area is 225 Å². The van der Waals surface area contributed by atoms with E-state index in [9.17, 15) is 14.4 Å². The topological polar surface area (TPSA) is 100 Å². The molecule has 7 nitrogen and oxygen atoms in total. The van der Waals surface area contributed by atoms with Crippen molar-refractivity contribution < 1.29 is 14.7 Å². The number of carbonyl (C=O) groups is 2. The third-order valence-corrected chi connectivity index (χ3v) is 6.63. The van der Waals surface area contributed by atoms with Crippen molar-refractivity contribution in [3.8, 4) is 11.1 Å². The number of pyridine rings is 1. The smallest absolute Gasteiger partial charge is 0.323 e. The van der Waals surface area contributed by atoms with Crippen molar-refractivity contribution in [2.75, 3.05) is 10.6 Å². The van der Waals surface area contributed by atoms with Crippen LogP contribution in [-0.4, -0.2) is 21.7 Å². The molecule has 1 heterocycles. The van der Waals surface area contributed by atoms with Gasteiger partial charge in [0.25, 0.3) is 5.56 Å². The molecule has 38 heavy (non-hydrogen) atoms. The number of aromatic nitrogens is 1. The van der Waals surface area contributed by atoms with Crippen molar-refractivity contribution in [2.24, 2.45) is 0 Å². The molecule has 8 heteroatoms. The van der Waals surface area contributed by atoms with Crippen LogP contribution in [0.2, 0.25) is 5.02 Å². The highest BCUT2D eigenvalue weighted by molar-refractivity contribution is 6.33. The number of hydrogen-bond acceptors (Lipinski definition) is 3. The van der Waals surface area contributed by atoms with E-state index in [1.807, 2.05) is 62.4 Å². The maximum absolute atomic E-state index is 13.3. The van der Waals surface area contributed by atoms with E-state index in [0.29, 0.717) is 34.1 Å². The van der Waals surface area contributed by atoms with E-state index in [2.05, 4.69) is 10.6 Å². The second-order valence-electron chi connectivity index (χ2n) is 9.18. The van der Waals surface area contributed by atoms with Gasteiger partial charge in [-0.25, -0.2) is 4.79 Å². The molecule has 0 aliphatic rings. The summed E-state index contributed by atoms with van der Waals surface area (Å²) in [6.07, 6.45) is 1.78. The van der Waals surface area contributed by atoms with E-state index in [4.69, 9.17) is 16.7 Å². The maximum atomic E-state index is 13.3. The van der Waals surface area contributed by atoms with Gasteiger partial charge in [0.05, 0.1) is 18.0 Å². The number of carbonyl (C=O) groups excluding carboxylic acids is 1. The van der Waals surface area contributed by atoms with Crippen LogP contribution in [0.4, 0.5) is 16.2 Å². The van der Waals surface area contributed by atoms with Crippen LogP contribution in [-0.2, 0) is 11.3 Å². The lowest BCUT2D eigenvalue weighted by Gasteiger charge is -2.13. The Morgan fingerprint density at radius 2 is 1.68 bits per heavy atom. The number of para-hydroxylation sites is 1. The van der Waals surface area contributed by atoms with Crippen LogP contribution in [0.15, 0.2) is 89.9 Å². The molecule has 0 radical (unpaired) electrons. The first-order valence-corrected chi connectivity index (χ1v) is 12.5. The first-order chi connectivity index (χ1) is 18.2. The number of carboxylic acid groups (broad SMARTS) is 1. The lowest BCUT2D eigenvalue weighted by atomic mass is 9.97. The summed E-state index contributed by atoms with van der Waals surface area (Å²) in [4.78, 5) is 36.7. The highest BCUT2D eigenvalue weighted by atomic mass is 35.5. The number of aryl methyl sites for hydroxylation is 1. The molecule has 0 fully saturated rings. The number of benzene rings is 3. The third kappa shape index (κ3) is 6.49. The molecule has 0 unspecified atom stereocenters. The van der Waals surface area contributed by atoms with E-state index in [-0.39, 0.29) is 17.9 Å². The summed E-state index contributed by atoms with van der Waals surface area (Å²) in [6, 6.07) is 23.2. The predicted octanol–water partition coefficient (Wildman–Crippen LogP) is 6.75. The fraction of sp³-hybridized carbons (Fsp3) is 0.167. The second-order valence-corrected chi connectivity index (χ2v) is 9.59. The van der Waals surface area contributed by atoms with Gasteiger partial charge in [-0.2, -0.15) is 0 Å². The fourth-order valence-electron chi connectivity index (χ4n) is 4.20. The molecule has 0 aliphatic carbocycles. The van der Waals surface area contributed by atoms with Crippen LogP contribution in [0.25, 0.3) is 11.1 Å². The molecule has 4 aromatic rings. The molecule has 0 saturated carbocycles. The van der Waals surface area contributed by atoms with E-state index < -0.39 is 12.0 Å². The Hall–Kier alpha value is -4.36. The van der Waals surface area contributed by atoms with Crippen LogP contribution in [0.5, 0.6) is 0 Å². The van der Waals surface area contributed by atoms with Crippen molar-refractivity contribution in [3.63, 3.8) is 0 Å². The number of nitrogens with one attached hydrogen (secondary N) is 2. The van der Waals surface area contributed by atoms with Crippen LogP contribution in [0.1, 0.15) is 36.0 Å². The fourth-order valence-corrected chi connectivity index (χ4v) is 4.49. The van der Waals surface area contributed by atoms with E-state index in [1.165, 1.54) is 0 Å². The summed E-state index contributed by atoms with van der Waals surface area (Å²) in [5.41, 5.74) is 4.82. The quantitative estimate of drug-likeness (QED) is 0.235. The summed E-state index contributed by atoms with van der Waals surface area (Å²) >= 11 is 6.54. The van der Waals surface area contributed by atoms with Gasteiger partial charge in [-0.15, -0.1) is 0 Å². The number of rotatable bonds is 8. The molecule has 3 N–H and O–H groups in total. The highest BCUT2D eigenvalue weighted by Gasteiger charge is 2.13. The zero-order valence-electron chi connectivity index (χ0n) is 21.1. The Balaban J connectivity index is 1.48. The molecule has 0 bridgehead atoms. The predicted molar refractivity (Wildman–Crippen MR) is 151 cm³/mol. The molecule has 3 aromatic carbocycles. The summed E-state index contributed by atoms with van der Waals surface area (Å²) in [5, 5.41) is 14.9. The molecule has 1 aromatic heterocycles. The highest BCUT2D eigenvalue weighted by Crippen LogP contribution is 2.29. The van der Waals surface area contributed by atoms with Gasteiger partial charge in [0, 0.05) is 28.7 Å². The van der Waals surface area contributed by atoms with Gasteiger partial charge in [0.1, 0.15) is 0 Å². The molecule has 2 amide bonds. The standard InChI is InChI=1S/C30H28ClN3O4/c1-19-6-3-4-8-27(19)33-30(38)32-23-13-14-24(26(31)17-23)25-7-5-15-34(29(25)37)18-21-9-11-22(12-10-21)20(2)16-28(35)36/h3-15,17,20H,16,18H2,1-2H3,(H,35,36)(H2,32,33,38)/t20-/m0/s1. The first kappa shape index (κ1) is 26.7. The number of amides is 2. The van der Waals surface area contributed by atoms with Crippen LogP contribution in [0.3, 0.4) is 0 Å². The summed E-state index contributed by atoms with van der Waals surface area (Å²) in [5.74, 6) is -0.932. The number of hydrogen-bond donors (Lipinski definition) is 3. The Morgan fingerprint density at radius 1 is 0.947 bits per heavy atom. The molecular formula is C30H28ClN3O4. The minimum absolute atomic E-state index is 0.0628. The normalized spacial score (nSPS) is 11.6. The zero-order valence-corrected chi connectivity index (χ0v) is 21.8. The number of anilines is 2. The molecule has 0 saturated heterocycles. The van der Waals surface area contributed by atoms with Crippen LogP contribution >= 0.6 is 11.6 Å². The van der Waals surface area contributed by atoms with Crippen LogP contribution in [0, 0.1) is 6.92 Å². The lowest BCUT2D eigenvalue weighted by molar-refractivity contribution is -0.137. The minimum atomic E-state index is -0.835. The third-order valence-electron chi connectivity index (χ3n) is 6.31. The molecule has 194 valence electrons. The average Bonchev–Trinajstić information content (AvgIpc) is 2.87. The van der Waals surface area contributed by atoms with Crippen molar-refractivity contribution in [2.45, 2.75) is 32.7 Å². The Morgan fingerprint density at radius 3 is 2.37 bits per heavy atom. The Kier molecular flexibility index (Phi) is 8.28. The van der Waals surface area contributed by atoms with Gasteiger partial charge in [-0.3, -0.25) is 9.59 Å². The van der Waals surface area contributed by atoms with Gasteiger partial charge in [0.15, 0.2) is 0 Å². The van der Waals surface area contributed by atoms with E-state index in [1.54, 1.807) is 41.1 Å². The molecule has 0 aliphatic heterocycles. The van der Waals surface area contributed by atoms with Gasteiger partial charge in [0.2, 0.25) is 0 Å². The first-order valence-electron chi connectivity index (χ1n) is 12.1. The number of urea groups is 1. The molecule has 0 spiro atoms. The number of nitrogens with zero attached hydrogens (tertiary/aromatic N) is 1. The Bertz CT molecular complexity index is 1530. The van der Waals surface area contributed by atoms with Crippen LogP contribution < -0.4 is 16.2 Å². The number of halogens is 1. The average molecular weight is 530 g/mol. The van der Waals surface area contributed by atoms with Gasteiger partial charge < -0.3 is 20.3 Å². The maximum Gasteiger partial charge on any atom is 0.323 e. The van der Waals surface area contributed by atoms with Crippen molar-refractivity contribution in [1.82, 2.24) is 4.57 Å². The molecule has 4 rings (SSSR count). The number of aliphatic carboxylic acids is 1. The van der Waals surface area contributed by atoms with Gasteiger partial charge in [-0.05, 0) is 59.9 Å². The minimum Gasteiger partial charge on any atom is -0.481 e. The molecular weight excluding hydrogens is 502 g/mol. The number of carboxylic acids is 1. The molecule has 1 atom stereocenters. The second kappa shape index (κ2) is 11.8. The van der Waals surface area contributed by atoms with Gasteiger partial charge >= 0.3 is 12.0 Å². The largest absolute Gasteiger partial charge is 0.481 e. The van der Waals surface area contributed by atoms with Gasteiger partial charge in [-0.1, -0.05) is 67.1 Å². The lowest BCUT2D eigenvalue weighted by Crippen LogP contribution is -2.21.